The van der Waals surface area contributed by atoms with E-state index in [0.717, 1.165) is 25.3 Å². The summed E-state index contributed by atoms with van der Waals surface area (Å²) in [6, 6.07) is 2.09. The van der Waals surface area contributed by atoms with E-state index in [1.165, 1.54) is 19.9 Å². The summed E-state index contributed by atoms with van der Waals surface area (Å²) < 4.78 is 40.6. The van der Waals surface area contributed by atoms with Gasteiger partial charge in [0.1, 0.15) is 11.2 Å². The average molecular weight is 370 g/mol. The lowest BCUT2D eigenvalue weighted by Crippen LogP contribution is -2.38. The molecule has 0 spiro atoms. The average Bonchev–Trinajstić information content (AvgIpc) is 2.80. The van der Waals surface area contributed by atoms with Crippen LogP contribution in [0, 0.1) is 5.92 Å². The fraction of sp³-hybridized carbons (Fsp3) is 0.588. The van der Waals surface area contributed by atoms with Crippen LogP contribution in [0.4, 0.5) is 19.1 Å². The Hall–Kier alpha value is -2.16. The summed E-state index contributed by atoms with van der Waals surface area (Å²) in [6.07, 6.45) is -2.03. The Bertz CT molecular complexity index is 835. The number of anilines is 1. The molecule has 1 aliphatic rings. The Morgan fingerprint density at radius 1 is 1.31 bits per heavy atom. The fourth-order valence-corrected chi connectivity index (χ4v) is 2.75. The Morgan fingerprint density at radius 2 is 1.96 bits per heavy atom. The van der Waals surface area contributed by atoms with Crippen molar-refractivity contribution in [3.63, 3.8) is 0 Å². The van der Waals surface area contributed by atoms with Gasteiger partial charge in [-0.05, 0) is 45.2 Å². The van der Waals surface area contributed by atoms with Gasteiger partial charge < -0.3 is 5.11 Å². The summed E-state index contributed by atoms with van der Waals surface area (Å²) in [5, 5.41) is 12.7. The van der Waals surface area contributed by atoms with Gasteiger partial charge in [0.05, 0.1) is 11.5 Å². The quantitative estimate of drug-likeness (QED) is 0.863. The molecule has 0 bridgehead atoms. The van der Waals surface area contributed by atoms with E-state index in [1.807, 2.05) is 0 Å². The van der Waals surface area contributed by atoms with Crippen molar-refractivity contribution in [1.82, 2.24) is 14.5 Å². The van der Waals surface area contributed by atoms with Gasteiger partial charge >= 0.3 is 6.18 Å². The second kappa shape index (κ2) is 6.22. The molecule has 26 heavy (non-hydrogen) atoms. The molecule has 1 fully saturated rings. The molecule has 2 N–H and O–H groups in total. The zero-order valence-corrected chi connectivity index (χ0v) is 14.8. The van der Waals surface area contributed by atoms with Gasteiger partial charge in [-0.25, -0.2) is 9.97 Å². The molecule has 2 aromatic rings. The summed E-state index contributed by atoms with van der Waals surface area (Å²) in [6.45, 7) is 4.61. The number of alkyl halides is 3. The molecule has 0 unspecified atom stereocenters. The van der Waals surface area contributed by atoms with E-state index in [1.54, 1.807) is 11.5 Å². The Balaban J connectivity index is 2.03. The first-order valence-corrected chi connectivity index (χ1v) is 8.48. The van der Waals surface area contributed by atoms with Crippen LogP contribution in [0.25, 0.3) is 11.2 Å². The number of hydrogen-bond donors (Lipinski definition) is 2. The van der Waals surface area contributed by atoms with Crippen molar-refractivity contribution in [2.45, 2.75) is 57.9 Å². The van der Waals surface area contributed by atoms with Crippen molar-refractivity contribution in [1.29, 1.82) is 0 Å². The number of nitrogens with one attached hydrogen (secondary N) is 1. The molecular formula is C17H21F3N4O2. The second-order valence-electron chi connectivity index (χ2n) is 7.29. The minimum atomic E-state index is -4.55. The first kappa shape index (κ1) is 18.6. The van der Waals surface area contributed by atoms with Crippen molar-refractivity contribution in [2.24, 2.45) is 5.92 Å². The smallest absolute Gasteiger partial charge is 0.390 e. The molecular weight excluding hydrogens is 349 g/mol. The minimum absolute atomic E-state index is 0.0521. The number of amides is 1. The van der Waals surface area contributed by atoms with E-state index in [9.17, 15) is 23.1 Å². The molecule has 6 nitrogen and oxygen atoms in total. The van der Waals surface area contributed by atoms with Gasteiger partial charge in [-0.2, -0.15) is 13.2 Å². The standard InChI is InChI=1S/C17H21F3N4O2/c1-9(16(2,3)26)14(25)23-15-21-11-7-8-12(17(18,19)20)22-13(11)24(15)10-5-4-6-10/h7-10,26H,4-6H2,1-3H3,(H,21,23,25)/t9-/m1/s1. The number of carbonyl (C=O) groups is 1. The largest absolute Gasteiger partial charge is 0.433 e. The molecule has 142 valence electrons. The van der Waals surface area contributed by atoms with Gasteiger partial charge in [-0.1, -0.05) is 6.92 Å². The zero-order chi connectivity index (χ0) is 19.3. The highest BCUT2D eigenvalue weighted by molar-refractivity contribution is 5.93. The molecule has 0 aliphatic heterocycles. The van der Waals surface area contributed by atoms with E-state index in [4.69, 9.17) is 0 Å². The van der Waals surface area contributed by atoms with Crippen LogP contribution in [0.15, 0.2) is 12.1 Å². The third-order valence-electron chi connectivity index (χ3n) is 4.96. The number of halogens is 3. The molecule has 1 atom stereocenters. The summed E-state index contributed by atoms with van der Waals surface area (Å²) in [5.41, 5.74) is -1.83. The van der Waals surface area contributed by atoms with E-state index in [0.29, 0.717) is 0 Å². The van der Waals surface area contributed by atoms with Gasteiger partial charge in [-0.15, -0.1) is 0 Å². The van der Waals surface area contributed by atoms with Crippen molar-refractivity contribution in [3.05, 3.63) is 17.8 Å². The van der Waals surface area contributed by atoms with Crippen molar-refractivity contribution in [3.8, 4) is 0 Å². The van der Waals surface area contributed by atoms with Gasteiger partial charge in [0.15, 0.2) is 5.65 Å². The molecule has 9 heteroatoms. The number of hydrogen-bond acceptors (Lipinski definition) is 4. The monoisotopic (exact) mass is 370 g/mol. The van der Waals surface area contributed by atoms with Crippen molar-refractivity contribution >= 4 is 23.0 Å². The van der Waals surface area contributed by atoms with E-state index in [2.05, 4.69) is 15.3 Å². The first-order chi connectivity index (χ1) is 12.0. The Morgan fingerprint density at radius 3 is 2.46 bits per heavy atom. The third-order valence-corrected chi connectivity index (χ3v) is 4.96. The van der Waals surface area contributed by atoms with Crippen LogP contribution in [-0.2, 0) is 11.0 Å². The molecule has 1 aliphatic carbocycles. The first-order valence-electron chi connectivity index (χ1n) is 8.48. The number of fused-ring (bicyclic) bond motifs is 1. The molecule has 0 radical (unpaired) electrons. The van der Waals surface area contributed by atoms with Crippen LogP contribution < -0.4 is 5.32 Å². The van der Waals surface area contributed by atoms with Crippen LogP contribution in [0.1, 0.15) is 51.8 Å². The number of carbonyl (C=O) groups excluding carboxylic acids is 1. The molecule has 2 aromatic heterocycles. The van der Waals surface area contributed by atoms with E-state index in [-0.39, 0.29) is 23.2 Å². The molecule has 1 saturated carbocycles. The lowest BCUT2D eigenvalue weighted by molar-refractivity contribution is -0.141. The van der Waals surface area contributed by atoms with Gasteiger partial charge in [0.2, 0.25) is 11.9 Å². The predicted octanol–water partition coefficient (Wildman–Crippen LogP) is 3.52. The van der Waals surface area contributed by atoms with Crippen LogP contribution in [0.3, 0.4) is 0 Å². The number of rotatable bonds is 4. The number of nitrogens with zero attached hydrogens (tertiary/aromatic N) is 3. The predicted molar refractivity (Wildman–Crippen MR) is 89.5 cm³/mol. The maximum Gasteiger partial charge on any atom is 0.433 e. The molecule has 1 amide bonds. The third kappa shape index (κ3) is 3.40. The second-order valence-corrected chi connectivity index (χ2v) is 7.29. The SMILES string of the molecule is C[C@H](C(=O)Nc1nc2ccc(C(F)(F)F)nc2n1C1CCC1)C(C)(C)O. The summed E-state index contributed by atoms with van der Waals surface area (Å²) in [7, 11) is 0. The minimum Gasteiger partial charge on any atom is -0.390 e. The maximum atomic E-state index is 13.0. The maximum absolute atomic E-state index is 13.0. The lowest BCUT2D eigenvalue weighted by atomic mass is 9.92. The fourth-order valence-electron chi connectivity index (χ4n) is 2.75. The Labute approximate surface area is 148 Å². The molecule has 2 heterocycles. The highest BCUT2D eigenvalue weighted by Gasteiger charge is 2.35. The van der Waals surface area contributed by atoms with Gasteiger partial charge in [0, 0.05) is 6.04 Å². The number of aliphatic hydroxyl groups is 1. The molecule has 0 aromatic carbocycles. The van der Waals surface area contributed by atoms with Gasteiger partial charge in [0.25, 0.3) is 0 Å². The molecule has 3 rings (SSSR count). The summed E-state index contributed by atoms with van der Waals surface area (Å²) >= 11 is 0. The Kier molecular flexibility index (Phi) is 4.46. The summed E-state index contributed by atoms with van der Waals surface area (Å²) in [5.74, 6) is -1.02. The number of pyridine rings is 1. The highest BCUT2D eigenvalue weighted by Crippen LogP contribution is 2.38. The van der Waals surface area contributed by atoms with Crippen LogP contribution in [0.2, 0.25) is 0 Å². The van der Waals surface area contributed by atoms with E-state index >= 15 is 0 Å². The van der Waals surface area contributed by atoms with Crippen molar-refractivity contribution in [2.75, 3.05) is 5.32 Å². The van der Waals surface area contributed by atoms with E-state index < -0.39 is 29.3 Å². The molecule has 0 saturated heterocycles. The van der Waals surface area contributed by atoms with Crippen LogP contribution >= 0.6 is 0 Å². The summed E-state index contributed by atoms with van der Waals surface area (Å²) in [4.78, 5) is 20.4. The number of aromatic nitrogens is 3. The van der Waals surface area contributed by atoms with Crippen molar-refractivity contribution < 1.29 is 23.1 Å². The zero-order valence-electron chi connectivity index (χ0n) is 14.8. The van der Waals surface area contributed by atoms with Crippen LogP contribution in [0.5, 0.6) is 0 Å². The lowest BCUT2D eigenvalue weighted by Gasteiger charge is -2.29. The topological polar surface area (TPSA) is 80.0 Å². The van der Waals surface area contributed by atoms with Crippen LogP contribution in [-0.4, -0.2) is 31.1 Å². The van der Waals surface area contributed by atoms with Gasteiger partial charge in [-0.3, -0.25) is 14.7 Å². The highest BCUT2D eigenvalue weighted by atomic mass is 19.4. The number of imidazole rings is 1. The normalized spacial score (nSPS) is 17.2.